The SMILES string of the molecule is CCCN1CCOC(C(=O)c2ccn(C)n2)C1. The first-order chi connectivity index (χ1) is 8.20. The lowest BCUT2D eigenvalue weighted by Crippen LogP contribution is -2.46. The molecule has 1 saturated heterocycles. The van der Waals surface area contributed by atoms with Gasteiger partial charge in [-0.05, 0) is 19.0 Å². The Morgan fingerprint density at radius 1 is 1.65 bits per heavy atom. The molecule has 17 heavy (non-hydrogen) atoms. The van der Waals surface area contributed by atoms with Crippen LogP contribution in [0.15, 0.2) is 12.3 Å². The van der Waals surface area contributed by atoms with Crippen LogP contribution in [0.25, 0.3) is 0 Å². The Balaban J connectivity index is 1.99. The quantitative estimate of drug-likeness (QED) is 0.724. The van der Waals surface area contributed by atoms with Crippen LogP contribution in [-0.4, -0.2) is 52.8 Å². The number of hydrogen-bond donors (Lipinski definition) is 0. The summed E-state index contributed by atoms with van der Waals surface area (Å²) >= 11 is 0. The van der Waals surface area contributed by atoms with E-state index in [2.05, 4.69) is 16.9 Å². The van der Waals surface area contributed by atoms with E-state index in [1.807, 2.05) is 7.05 Å². The third-order valence-corrected chi connectivity index (χ3v) is 2.95. The number of aryl methyl sites for hydroxylation is 1. The Morgan fingerprint density at radius 3 is 3.12 bits per heavy atom. The molecule has 1 aromatic heterocycles. The number of ketones is 1. The van der Waals surface area contributed by atoms with Gasteiger partial charge in [0.15, 0.2) is 0 Å². The average Bonchev–Trinajstić information content (AvgIpc) is 2.76. The van der Waals surface area contributed by atoms with Crippen molar-refractivity contribution < 1.29 is 9.53 Å². The average molecular weight is 237 g/mol. The minimum atomic E-state index is -0.356. The second kappa shape index (κ2) is 5.42. The predicted molar refractivity (Wildman–Crippen MR) is 64.0 cm³/mol. The normalized spacial score (nSPS) is 21.6. The van der Waals surface area contributed by atoms with Crippen molar-refractivity contribution in [1.29, 1.82) is 0 Å². The second-order valence-corrected chi connectivity index (χ2v) is 4.40. The molecule has 5 heteroatoms. The summed E-state index contributed by atoms with van der Waals surface area (Å²) in [6, 6.07) is 1.74. The lowest BCUT2D eigenvalue weighted by molar-refractivity contribution is -0.0166. The van der Waals surface area contributed by atoms with E-state index in [-0.39, 0.29) is 11.9 Å². The van der Waals surface area contributed by atoms with Gasteiger partial charge in [0.05, 0.1) is 6.61 Å². The molecule has 0 bridgehead atoms. The molecule has 0 saturated carbocycles. The van der Waals surface area contributed by atoms with Crippen LogP contribution in [0.5, 0.6) is 0 Å². The van der Waals surface area contributed by atoms with E-state index >= 15 is 0 Å². The Morgan fingerprint density at radius 2 is 2.47 bits per heavy atom. The van der Waals surface area contributed by atoms with Crippen LogP contribution in [0.1, 0.15) is 23.8 Å². The van der Waals surface area contributed by atoms with Crippen LogP contribution >= 0.6 is 0 Å². The number of ether oxygens (including phenoxy) is 1. The molecule has 1 atom stereocenters. The van der Waals surface area contributed by atoms with Crippen molar-refractivity contribution in [3.8, 4) is 0 Å². The zero-order valence-corrected chi connectivity index (χ0v) is 10.4. The van der Waals surface area contributed by atoms with Gasteiger partial charge in [0.25, 0.3) is 0 Å². The summed E-state index contributed by atoms with van der Waals surface area (Å²) in [6.07, 6.45) is 2.52. The van der Waals surface area contributed by atoms with E-state index < -0.39 is 0 Å². The van der Waals surface area contributed by atoms with E-state index in [1.54, 1.807) is 16.9 Å². The van der Waals surface area contributed by atoms with E-state index in [1.165, 1.54) is 0 Å². The van der Waals surface area contributed by atoms with Gasteiger partial charge in [-0.25, -0.2) is 0 Å². The molecule has 0 spiro atoms. The topological polar surface area (TPSA) is 47.4 Å². The molecule has 1 aliphatic rings. The van der Waals surface area contributed by atoms with Crippen molar-refractivity contribution in [3.63, 3.8) is 0 Å². The van der Waals surface area contributed by atoms with E-state index in [0.29, 0.717) is 18.8 Å². The zero-order valence-electron chi connectivity index (χ0n) is 10.4. The van der Waals surface area contributed by atoms with Crippen LogP contribution in [0.2, 0.25) is 0 Å². The van der Waals surface area contributed by atoms with Gasteiger partial charge in [0, 0.05) is 26.3 Å². The molecule has 1 aromatic rings. The summed E-state index contributed by atoms with van der Waals surface area (Å²) in [4.78, 5) is 14.4. The Kier molecular flexibility index (Phi) is 3.91. The maximum atomic E-state index is 12.1. The summed E-state index contributed by atoms with van der Waals surface area (Å²) in [5.41, 5.74) is 0.496. The number of hydrogen-bond acceptors (Lipinski definition) is 4. The summed E-state index contributed by atoms with van der Waals surface area (Å²) in [6.45, 7) is 5.40. The van der Waals surface area contributed by atoms with Crippen LogP contribution in [0, 0.1) is 0 Å². The molecule has 5 nitrogen and oxygen atoms in total. The highest BCUT2D eigenvalue weighted by Gasteiger charge is 2.28. The van der Waals surface area contributed by atoms with Crippen molar-refractivity contribution >= 4 is 5.78 Å². The standard InChI is InChI=1S/C12H19N3O2/c1-3-5-15-7-8-17-11(9-15)12(16)10-4-6-14(2)13-10/h4,6,11H,3,5,7-9H2,1-2H3. The van der Waals surface area contributed by atoms with Gasteiger partial charge in [-0.1, -0.05) is 6.92 Å². The van der Waals surface area contributed by atoms with Gasteiger partial charge in [0.2, 0.25) is 5.78 Å². The fourth-order valence-corrected chi connectivity index (χ4v) is 2.09. The summed E-state index contributed by atoms with van der Waals surface area (Å²) < 4.78 is 7.18. The molecule has 0 radical (unpaired) electrons. The second-order valence-electron chi connectivity index (χ2n) is 4.40. The van der Waals surface area contributed by atoms with Gasteiger partial charge in [-0.3, -0.25) is 14.4 Å². The van der Waals surface area contributed by atoms with E-state index in [9.17, 15) is 4.79 Å². The number of Topliss-reactive ketones (excluding diaryl/α,β-unsaturated/α-hetero) is 1. The maximum Gasteiger partial charge on any atom is 0.213 e. The highest BCUT2D eigenvalue weighted by atomic mass is 16.5. The number of carbonyl (C=O) groups excluding carboxylic acids is 1. The molecule has 0 N–H and O–H groups in total. The van der Waals surface area contributed by atoms with Crippen molar-refractivity contribution in [2.45, 2.75) is 19.4 Å². The van der Waals surface area contributed by atoms with E-state index in [4.69, 9.17) is 4.74 Å². The third kappa shape index (κ3) is 2.92. The van der Waals surface area contributed by atoms with Gasteiger partial charge >= 0.3 is 0 Å². The number of carbonyl (C=O) groups is 1. The minimum absolute atomic E-state index is 0.00796. The minimum Gasteiger partial charge on any atom is -0.367 e. The van der Waals surface area contributed by atoms with Gasteiger partial charge in [-0.15, -0.1) is 0 Å². The smallest absolute Gasteiger partial charge is 0.213 e. The largest absolute Gasteiger partial charge is 0.367 e. The van der Waals surface area contributed by atoms with Crippen molar-refractivity contribution in [3.05, 3.63) is 18.0 Å². The number of nitrogens with zero attached hydrogens (tertiary/aromatic N) is 3. The third-order valence-electron chi connectivity index (χ3n) is 2.95. The van der Waals surface area contributed by atoms with Crippen LogP contribution in [0.3, 0.4) is 0 Å². The first kappa shape index (κ1) is 12.3. The Bertz CT molecular complexity index is 387. The van der Waals surface area contributed by atoms with Crippen molar-refractivity contribution in [2.24, 2.45) is 7.05 Å². The highest BCUT2D eigenvalue weighted by Crippen LogP contribution is 2.11. The van der Waals surface area contributed by atoms with Gasteiger partial charge in [-0.2, -0.15) is 5.10 Å². The van der Waals surface area contributed by atoms with Gasteiger partial charge in [0.1, 0.15) is 11.8 Å². The predicted octanol–water partition coefficient (Wildman–Crippen LogP) is 0.714. The molecule has 1 aliphatic heterocycles. The Labute approximate surface area is 101 Å². The monoisotopic (exact) mass is 237 g/mol. The summed E-state index contributed by atoms with van der Waals surface area (Å²) in [5.74, 6) is -0.00796. The molecule has 2 rings (SSSR count). The number of aromatic nitrogens is 2. The first-order valence-corrected chi connectivity index (χ1v) is 6.08. The molecule has 0 aromatic carbocycles. The fraction of sp³-hybridized carbons (Fsp3) is 0.667. The lowest BCUT2D eigenvalue weighted by Gasteiger charge is -2.31. The summed E-state index contributed by atoms with van der Waals surface area (Å²) in [5, 5.41) is 4.13. The molecule has 2 heterocycles. The van der Waals surface area contributed by atoms with Crippen LogP contribution < -0.4 is 0 Å². The Hall–Kier alpha value is -1.20. The van der Waals surface area contributed by atoms with Crippen molar-refractivity contribution in [2.75, 3.05) is 26.2 Å². The van der Waals surface area contributed by atoms with Crippen molar-refractivity contribution in [1.82, 2.24) is 14.7 Å². The zero-order chi connectivity index (χ0) is 12.3. The molecule has 1 unspecified atom stereocenters. The molecule has 1 fully saturated rings. The molecular formula is C12H19N3O2. The molecule has 94 valence electrons. The molecular weight excluding hydrogens is 218 g/mol. The molecule has 0 aliphatic carbocycles. The fourth-order valence-electron chi connectivity index (χ4n) is 2.09. The number of morpholine rings is 1. The maximum absolute atomic E-state index is 12.1. The van der Waals surface area contributed by atoms with Gasteiger partial charge < -0.3 is 4.74 Å². The first-order valence-electron chi connectivity index (χ1n) is 6.08. The van der Waals surface area contributed by atoms with Crippen LogP contribution in [0.4, 0.5) is 0 Å². The lowest BCUT2D eigenvalue weighted by atomic mass is 10.1. The van der Waals surface area contributed by atoms with Crippen LogP contribution in [-0.2, 0) is 11.8 Å². The van der Waals surface area contributed by atoms with E-state index in [0.717, 1.165) is 19.5 Å². The summed E-state index contributed by atoms with van der Waals surface area (Å²) in [7, 11) is 1.81. The highest BCUT2D eigenvalue weighted by molar-refractivity contribution is 5.97. The number of rotatable bonds is 4. The molecule has 0 amide bonds.